The predicted octanol–water partition coefficient (Wildman–Crippen LogP) is 8.79. The van der Waals surface area contributed by atoms with Gasteiger partial charge in [0.25, 0.3) is 0 Å². The highest BCUT2D eigenvalue weighted by molar-refractivity contribution is 5.79. The number of ether oxygens (including phenoxy) is 2. The molecule has 10 heteroatoms. The average Bonchev–Trinajstić information content (AvgIpc) is 3.61. The van der Waals surface area contributed by atoms with Gasteiger partial charge in [0.15, 0.2) is 0 Å². The highest BCUT2D eigenvalue weighted by Crippen LogP contribution is 2.44. The summed E-state index contributed by atoms with van der Waals surface area (Å²) in [6.07, 6.45) is -0.268. The summed E-state index contributed by atoms with van der Waals surface area (Å²) in [6.45, 7) is 0.673. The summed E-state index contributed by atoms with van der Waals surface area (Å²) in [6, 6.07) is 48.8. The zero-order valence-corrected chi connectivity index (χ0v) is 34.2. The van der Waals surface area contributed by atoms with Gasteiger partial charge >= 0.3 is 12.1 Å². The second-order valence-corrected chi connectivity index (χ2v) is 15.4. The van der Waals surface area contributed by atoms with E-state index in [2.05, 4.69) is 64.5 Å². The third kappa shape index (κ3) is 10.3. The van der Waals surface area contributed by atoms with Gasteiger partial charge in [-0.05, 0) is 94.6 Å². The molecule has 6 aromatic rings. The number of aliphatic hydroxyl groups is 1. The number of rotatable bonds is 20. The maximum atomic E-state index is 13.8. The summed E-state index contributed by atoms with van der Waals surface area (Å²) in [5.74, 6) is -0.865. The van der Waals surface area contributed by atoms with E-state index in [1.807, 2.05) is 84.9 Å². The van der Waals surface area contributed by atoms with Crippen LogP contribution in [0.4, 0.5) is 9.18 Å². The van der Waals surface area contributed by atoms with Gasteiger partial charge < -0.3 is 25.0 Å². The van der Waals surface area contributed by atoms with Gasteiger partial charge in [0.1, 0.15) is 30.4 Å². The Morgan fingerprint density at radius 3 is 1.85 bits per heavy atom. The van der Waals surface area contributed by atoms with Crippen molar-refractivity contribution in [1.82, 2.24) is 16.0 Å². The van der Waals surface area contributed by atoms with Crippen molar-refractivity contribution in [2.24, 2.45) is 0 Å². The van der Waals surface area contributed by atoms with Crippen LogP contribution in [0.15, 0.2) is 158 Å². The van der Waals surface area contributed by atoms with E-state index in [1.165, 1.54) is 12.1 Å². The fourth-order valence-corrected chi connectivity index (χ4v) is 8.53. The number of methoxy groups -OCH3 is 1. The van der Waals surface area contributed by atoms with Gasteiger partial charge in [-0.25, -0.2) is 9.18 Å². The van der Waals surface area contributed by atoms with E-state index in [-0.39, 0.29) is 31.8 Å². The number of alkyl carbamates (subject to hydrolysis) is 1. The van der Waals surface area contributed by atoms with E-state index in [4.69, 9.17) is 9.47 Å². The number of unbranched alkanes of at least 4 members (excludes halogenated alkanes) is 1. The van der Waals surface area contributed by atoms with Crippen LogP contribution in [0.5, 0.6) is 5.75 Å². The average molecular weight is 822 g/mol. The molecule has 0 spiro atoms. The maximum absolute atomic E-state index is 13.8. The van der Waals surface area contributed by atoms with Crippen LogP contribution < -0.4 is 20.7 Å². The van der Waals surface area contributed by atoms with Crippen molar-refractivity contribution in [3.05, 3.63) is 197 Å². The molecule has 314 valence electrons. The van der Waals surface area contributed by atoms with E-state index < -0.39 is 41.7 Å². The van der Waals surface area contributed by atoms with Crippen LogP contribution in [0.2, 0.25) is 0 Å². The fourth-order valence-electron chi connectivity index (χ4n) is 8.53. The third-order valence-corrected chi connectivity index (χ3v) is 11.5. The molecule has 0 saturated carbocycles. The van der Waals surface area contributed by atoms with Crippen molar-refractivity contribution in [2.75, 3.05) is 20.3 Å². The molecule has 5 N–H and O–H groups in total. The number of aliphatic carboxylic acids is 1. The lowest BCUT2D eigenvalue weighted by Gasteiger charge is -2.37. The number of aliphatic hydroxyl groups excluding tert-OH is 1. The smallest absolute Gasteiger partial charge is 0.407 e. The highest BCUT2D eigenvalue weighted by atomic mass is 19.1. The molecule has 1 aliphatic rings. The minimum absolute atomic E-state index is 0.0224. The van der Waals surface area contributed by atoms with Crippen LogP contribution in [0.1, 0.15) is 65.0 Å². The molecule has 9 nitrogen and oxygen atoms in total. The molecule has 0 heterocycles. The molecule has 1 aliphatic carbocycles. The predicted molar refractivity (Wildman–Crippen MR) is 235 cm³/mol. The summed E-state index contributed by atoms with van der Waals surface area (Å²) >= 11 is 0. The van der Waals surface area contributed by atoms with Gasteiger partial charge in [0.05, 0.1) is 12.6 Å². The molecule has 1 amide bonds. The van der Waals surface area contributed by atoms with Crippen LogP contribution in [-0.2, 0) is 21.5 Å². The van der Waals surface area contributed by atoms with Crippen LogP contribution in [0, 0.1) is 5.82 Å². The summed E-state index contributed by atoms with van der Waals surface area (Å²) in [5.41, 5.74) is 7.56. The first-order valence-electron chi connectivity index (χ1n) is 20.8. The third-order valence-electron chi connectivity index (χ3n) is 11.5. The topological polar surface area (TPSA) is 129 Å². The first kappa shape index (κ1) is 42.8. The van der Waals surface area contributed by atoms with Gasteiger partial charge in [-0.2, -0.15) is 0 Å². The molecular formula is C51H52FN3O6. The maximum Gasteiger partial charge on any atom is 0.407 e. The van der Waals surface area contributed by atoms with Crippen LogP contribution in [0.25, 0.3) is 11.1 Å². The van der Waals surface area contributed by atoms with E-state index >= 15 is 0 Å². The molecular weight excluding hydrogens is 770 g/mol. The normalized spacial score (nSPS) is 13.7. The number of carboxylic acids is 1. The Morgan fingerprint density at radius 2 is 1.28 bits per heavy atom. The molecule has 3 unspecified atom stereocenters. The molecule has 3 atom stereocenters. The van der Waals surface area contributed by atoms with E-state index in [0.29, 0.717) is 19.4 Å². The Labute approximate surface area is 356 Å². The van der Waals surface area contributed by atoms with Crippen molar-refractivity contribution in [2.45, 2.75) is 61.9 Å². The number of nitrogens with one attached hydrogen (secondary N) is 3. The minimum Gasteiger partial charge on any atom is -0.497 e. The quantitative estimate of drug-likeness (QED) is 0.0294. The van der Waals surface area contributed by atoms with Crippen molar-refractivity contribution >= 4 is 12.1 Å². The van der Waals surface area contributed by atoms with Gasteiger partial charge in [0, 0.05) is 18.4 Å². The Balaban J connectivity index is 0.983. The van der Waals surface area contributed by atoms with Crippen LogP contribution in [-0.4, -0.2) is 60.8 Å². The number of carbonyl (C=O) groups is 2. The molecule has 0 bridgehead atoms. The van der Waals surface area contributed by atoms with Gasteiger partial charge in [0.2, 0.25) is 0 Å². The number of carboxylic acid groups (broad SMARTS) is 1. The number of benzene rings is 6. The molecule has 0 radical (unpaired) electrons. The Morgan fingerprint density at radius 1 is 0.721 bits per heavy atom. The molecule has 6 aromatic carbocycles. The molecule has 0 saturated heterocycles. The van der Waals surface area contributed by atoms with Crippen molar-refractivity contribution in [3.63, 3.8) is 0 Å². The lowest BCUT2D eigenvalue weighted by molar-refractivity contribution is -0.140. The zero-order chi connectivity index (χ0) is 42.6. The Kier molecular flexibility index (Phi) is 14.2. The second-order valence-electron chi connectivity index (χ2n) is 15.4. The number of fused-ring (bicyclic) bond motifs is 3. The summed E-state index contributed by atoms with van der Waals surface area (Å²) < 4.78 is 25.1. The minimum atomic E-state index is -1.28. The lowest BCUT2D eigenvalue weighted by atomic mass is 9.77. The zero-order valence-electron chi connectivity index (χ0n) is 34.2. The molecule has 61 heavy (non-hydrogen) atoms. The summed E-state index contributed by atoms with van der Waals surface area (Å²) in [4.78, 5) is 25.9. The number of amides is 1. The number of carbonyl (C=O) groups excluding carboxylic acids is 1. The highest BCUT2D eigenvalue weighted by Gasteiger charge is 2.36. The number of halogens is 1. The summed E-state index contributed by atoms with van der Waals surface area (Å²) in [5, 5.41) is 31.1. The van der Waals surface area contributed by atoms with Crippen LogP contribution >= 0.6 is 0 Å². The van der Waals surface area contributed by atoms with Crippen LogP contribution in [0.3, 0.4) is 0 Å². The first-order chi connectivity index (χ1) is 29.7. The largest absolute Gasteiger partial charge is 0.497 e. The number of hydrogen-bond donors (Lipinski definition) is 5. The van der Waals surface area contributed by atoms with Gasteiger partial charge in [-0.3, -0.25) is 15.4 Å². The van der Waals surface area contributed by atoms with Crippen molar-refractivity contribution in [1.29, 1.82) is 0 Å². The lowest BCUT2D eigenvalue weighted by Crippen LogP contribution is -2.48. The molecule has 0 fully saturated rings. The summed E-state index contributed by atoms with van der Waals surface area (Å²) in [7, 11) is 1.64. The second kappa shape index (κ2) is 20.3. The van der Waals surface area contributed by atoms with Gasteiger partial charge in [-0.1, -0.05) is 140 Å². The molecule has 0 aliphatic heterocycles. The Bertz CT molecular complexity index is 2260. The Hall–Kier alpha value is -6.33. The van der Waals surface area contributed by atoms with Gasteiger partial charge in [-0.15, -0.1) is 0 Å². The van der Waals surface area contributed by atoms with Crippen molar-refractivity contribution < 1.29 is 33.7 Å². The molecule has 0 aromatic heterocycles. The number of hydrogen-bond acceptors (Lipinski definition) is 7. The van der Waals surface area contributed by atoms with E-state index in [1.54, 1.807) is 19.2 Å². The monoisotopic (exact) mass is 821 g/mol. The first-order valence-corrected chi connectivity index (χ1v) is 20.8. The fraction of sp³-hybridized carbons (Fsp3) is 0.255. The van der Waals surface area contributed by atoms with E-state index in [0.717, 1.165) is 50.3 Å². The SMILES string of the molecule is COc1ccc(C(NCCCCC(NC(O)CC(Cc2ccc(F)cc2)NC(=O)OCC2c3ccccc3-c3ccccc32)C(=O)O)(c2ccccc2)c2ccccc2)cc1. The van der Waals surface area contributed by atoms with Crippen molar-refractivity contribution in [3.8, 4) is 16.9 Å². The van der Waals surface area contributed by atoms with E-state index in [9.17, 15) is 24.2 Å². The standard InChI is InChI=1S/C51H52FN3O6/c1-60-41-29-25-38(26-30-41)51(36-14-4-2-5-15-36,37-16-6-3-7-17-37)53-31-13-12-22-47(49(57)58)55-48(56)33-40(32-35-23-27-39(52)28-24-35)54-50(59)61-34-46-44-20-10-8-18-42(44)43-19-9-11-21-45(43)46/h2-11,14-21,23-30,40,46-48,53,55-56H,12-13,22,31-34H2,1H3,(H,54,59)(H,57,58). The molecule has 7 rings (SSSR count).